The van der Waals surface area contributed by atoms with E-state index in [2.05, 4.69) is 5.32 Å². The molecule has 2 aromatic carbocycles. The third-order valence-corrected chi connectivity index (χ3v) is 4.94. The highest BCUT2D eigenvalue weighted by Crippen LogP contribution is 2.24. The second-order valence-electron chi connectivity index (χ2n) is 6.99. The zero-order valence-corrected chi connectivity index (χ0v) is 15.7. The third kappa shape index (κ3) is 3.83. The van der Waals surface area contributed by atoms with Crippen molar-refractivity contribution < 1.29 is 14.0 Å². The highest BCUT2D eigenvalue weighted by Gasteiger charge is 2.21. The van der Waals surface area contributed by atoms with Gasteiger partial charge in [0.25, 0.3) is 0 Å². The first-order chi connectivity index (χ1) is 13.6. The van der Waals surface area contributed by atoms with E-state index in [0.29, 0.717) is 6.42 Å². The van der Waals surface area contributed by atoms with Crippen molar-refractivity contribution in [1.29, 1.82) is 0 Å². The van der Waals surface area contributed by atoms with Gasteiger partial charge >= 0.3 is 0 Å². The number of para-hydroxylation sites is 1. The number of fused-ring (bicyclic) bond motifs is 1. The Morgan fingerprint density at radius 3 is 2.68 bits per heavy atom. The van der Waals surface area contributed by atoms with E-state index in [4.69, 9.17) is 4.42 Å². The van der Waals surface area contributed by atoms with Gasteiger partial charge in [0.05, 0.1) is 6.04 Å². The maximum Gasteiger partial charge on any atom is 0.244 e. The van der Waals surface area contributed by atoms with Crippen molar-refractivity contribution in [2.45, 2.75) is 25.8 Å². The molecule has 0 saturated carbocycles. The van der Waals surface area contributed by atoms with Crippen LogP contribution < -0.4 is 10.2 Å². The molecule has 28 heavy (non-hydrogen) atoms. The van der Waals surface area contributed by atoms with Gasteiger partial charge in [-0.15, -0.1) is 0 Å². The van der Waals surface area contributed by atoms with Gasteiger partial charge < -0.3 is 14.6 Å². The maximum atomic E-state index is 12.2. The summed E-state index contributed by atoms with van der Waals surface area (Å²) in [6.07, 6.45) is 4.79. The molecule has 1 aliphatic heterocycles. The predicted octanol–water partition coefficient (Wildman–Crippen LogP) is 4.45. The van der Waals surface area contributed by atoms with E-state index in [0.717, 1.165) is 40.9 Å². The van der Waals surface area contributed by atoms with Gasteiger partial charge in [-0.2, -0.15) is 0 Å². The van der Waals surface area contributed by atoms with Crippen molar-refractivity contribution in [1.82, 2.24) is 5.32 Å². The summed E-state index contributed by atoms with van der Waals surface area (Å²) in [5, 5.41) is 3.94. The summed E-state index contributed by atoms with van der Waals surface area (Å²) in [5.41, 5.74) is 2.62. The Hall–Kier alpha value is -3.34. The van der Waals surface area contributed by atoms with Crippen LogP contribution in [0.5, 0.6) is 0 Å². The lowest BCUT2D eigenvalue weighted by Gasteiger charge is -2.15. The lowest BCUT2D eigenvalue weighted by molar-refractivity contribution is -0.117. The summed E-state index contributed by atoms with van der Waals surface area (Å²) in [4.78, 5) is 25.8. The zero-order valence-electron chi connectivity index (χ0n) is 15.7. The SMILES string of the molecule is CC(NC(=O)/C=C/c1ccc(N2CCCC2=O)cc1)c1cc2ccccc2o1. The number of amides is 2. The summed E-state index contributed by atoms with van der Waals surface area (Å²) < 4.78 is 5.79. The Morgan fingerprint density at radius 1 is 1.18 bits per heavy atom. The van der Waals surface area contributed by atoms with Crippen LogP contribution in [0.1, 0.15) is 37.1 Å². The van der Waals surface area contributed by atoms with E-state index in [1.54, 1.807) is 11.0 Å². The molecule has 5 heteroatoms. The van der Waals surface area contributed by atoms with Crippen LogP contribution in [0.15, 0.2) is 65.1 Å². The molecule has 1 saturated heterocycles. The first kappa shape index (κ1) is 18.0. The predicted molar refractivity (Wildman–Crippen MR) is 110 cm³/mol. The van der Waals surface area contributed by atoms with Gasteiger partial charge in [-0.3, -0.25) is 9.59 Å². The topological polar surface area (TPSA) is 62.6 Å². The molecule has 1 unspecified atom stereocenters. The van der Waals surface area contributed by atoms with E-state index < -0.39 is 0 Å². The Kier molecular flexibility index (Phi) is 4.98. The van der Waals surface area contributed by atoms with Crippen LogP contribution in [0.2, 0.25) is 0 Å². The lowest BCUT2D eigenvalue weighted by atomic mass is 10.1. The van der Waals surface area contributed by atoms with Gasteiger partial charge in [0, 0.05) is 30.1 Å². The molecule has 5 nitrogen and oxygen atoms in total. The molecule has 1 aromatic heterocycles. The molecule has 1 N–H and O–H groups in total. The van der Waals surface area contributed by atoms with E-state index in [9.17, 15) is 9.59 Å². The average Bonchev–Trinajstić information content (AvgIpc) is 3.33. The molecule has 0 aliphatic carbocycles. The molecule has 1 atom stereocenters. The number of anilines is 1. The minimum Gasteiger partial charge on any atom is -0.459 e. The first-order valence-electron chi connectivity index (χ1n) is 9.47. The summed E-state index contributed by atoms with van der Waals surface area (Å²) in [5.74, 6) is 0.705. The van der Waals surface area contributed by atoms with Crippen molar-refractivity contribution in [3.8, 4) is 0 Å². The molecular formula is C23H22N2O3. The number of benzene rings is 2. The number of nitrogens with one attached hydrogen (secondary N) is 1. The van der Waals surface area contributed by atoms with Gasteiger partial charge in [0.1, 0.15) is 11.3 Å². The summed E-state index contributed by atoms with van der Waals surface area (Å²) >= 11 is 0. The van der Waals surface area contributed by atoms with Gasteiger partial charge in [-0.25, -0.2) is 0 Å². The highest BCUT2D eigenvalue weighted by atomic mass is 16.3. The molecule has 1 aliphatic rings. The largest absolute Gasteiger partial charge is 0.459 e. The number of carbonyl (C=O) groups is 2. The number of rotatable bonds is 5. The molecule has 2 amide bonds. The second-order valence-corrected chi connectivity index (χ2v) is 6.99. The number of nitrogens with zero attached hydrogens (tertiary/aromatic N) is 1. The Labute approximate surface area is 163 Å². The minimum atomic E-state index is -0.229. The monoisotopic (exact) mass is 374 g/mol. The maximum absolute atomic E-state index is 12.2. The average molecular weight is 374 g/mol. The summed E-state index contributed by atoms with van der Waals surface area (Å²) in [6.45, 7) is 2.67. The zero-order chi connectivity index (χ0) is 19.5. The molecule has 0 spiro atoms. The van der Waals surface area contributed by atoms with Gasteiger partial charge in [-0.05, 0) is 49.2 Å². The molecule has 2 heterocycles. The third-order valence-electron chi connectivity index (χ3n) is 4.94. The fraction of sp³-hybridized carbons (Fsp3) is 0.217. The quantitative estimate of drug-likeness (QED) is 0.671. The van der Waals surface area contributed by atoms with Gasteiger partial charge in [0.15, 0.2) is 0 Å². The van der Waals surface area contributed by atoms with Crippen LogP contribution in [0.25, 0.3) is 17.0 Å². The van der Waals surface area contributed by atoms with Gasteiger partial charge in [0.2, 0.25) is 11.8 Å². The highest BCUT2D eigenvalue weighted by molar-refractivity contribution is 5.95. The number of furan rings is 1. The molecule has 3 aromatic rings. The number of hydrogen-bond donors (Lipinski definition) is 1. The molecule has 142 valence electrons. The minimum absolute atomic E-state index is 0.169. The van der Waals surface area contributed by atoms with Crippen molar-refractivity contribution in [3.05, 3.63) is 72.0 Å². The Bertz CT molecular complexity index is 1000. The van der Waals surface area contributed by atoms with Crippen molar-refractivity contribution in [2.24, 2.45) is 0 Å². The van der Waals surface area contributed by atoms with E-state index >= 15 is 0 Å². The molecular weight excluding hydrogens is 352 g/mol. The smallest absolute Gasteiger partial charge is 0.244 e. The van der Waals surface area contributed by atoms with Crippen LogP contribution in [0.3, 0.4) is 0 Å². The van der Waals surface area contributed by atoms with Crippen LogP contribution in [-0.4, -0.2) is 18.4 Å². The lowest BCUT2D eigenvalue weighted by Crippen LogP contribution is -2.24. The normalized spacial score (nSPS) is 15.5. The standard InChI is InChI=1S/C23H22N2O3/c1-16(21-15-18-5-2-3-6-20(18)28-21)24-22(26)13-10-17-8-11-19(12-9-17)25-14-4-7-23(25)27/h2-3,5-6,8-13,15-16H,4,7,14H2,1H3,(H,24,26)/b13-10+. The first-order valence-corrected chi connectivity index (χ1v) is 9.47. The van der Waals surface area contributed by atoms with Crippen molar-refractivity contribution in [2.75, 3.05) is 11.4 Å². The number of hydrogen-bond acceptors (Lipinski definition) is 3. The van der Waals surface area contributed by atoms with E-state index in [1.165, 1.54) is 6.08 Å². The van der Waals surface area contributed by atoms with Crippen molar-refractivity contribution in [3.63, 3.8) is 0 Å². The van der Waals surface area contributed by atoms with Crippen LogP contribution in [0, 0.1) is 0 Å². The summed E-state index contributed by atoms with van der Waals surface area (Å²) in [6, 6.07) is 17.1. The van der Waals surface area contributed by atoms with Gasteiger partial charge in [-0.1, -0.05) is 30.3 Å². The fourth-order valence-corrected chi connectivity index (χ4v) is 3.41. The number of carbonyl (C=O) groups excluding carboxylic acids is 2. The molecule has 4 rings (SSSR count). The summed E-state index contributed by atoms with van der Waals surface area (Å²) in [7, 11) is 0. The van der Waals surface area contributed by atoms with Crippen molar-refractivity contribution >= 4 is 34.5 Å². The van der Waals surface area contributed by atoms with E-state index in [-0.39, 0.29) is 17.9 Å². The van der Waals surface area contributed by atoms with Crippen LogP contribution >= 0.6 is 0 Å². The van der Waals surface area contributed by atoms with Crippen LogP contribution in [0.4, 0.5) is 5.69 Å². The Balaban J connectivity index is 1.37. The Morgan fingerprint density at radius 2 is 1.96 bits per heavy atom. The molecule has 0 radical (unpaired) electrons. The van der Waals surface area contributed by atoms with E-state index in [1.807, 2.05) is 61.5 Å². The fourth-order valence-electron chi connectivity index (χ4n) is 3.41. The second kappa shape index (κ2) is 7.72. The van der Waals surface area contributed by atoms with Crippen LogP contribution in [-0.2, 0) is 9.59 Å². The molecule has 0 bridgehead atoms. The molecule has 1 fully saturated rings.